The molecular weight excluding hydrogens is 268 g/mol. The van der Waals surface area contributed by atoms with Gasteiger partial charge in [0.15, 0.2) is 0 Å². The van der Waals surface area contributed by atoms with Crippen molar-refractivity contribution in [2.24, 2.45) is 7.05 Å². The smallest absolute Gasteiger partial charge is 0.258 e. The van der Waals surface area contributed by atoms with Gasteiger partial charge in [-0.1, -0.05) is 6.92 Å². The Labute approximate surface area is 114 Å². The fourth-order valence-electron chi connectivity index (χ4n) is 1.82. The number of nitrogens with zero attached hydrogens (tertiary/aromatic N) is 3. The lowest BCUT2D eigenvalue weighted by atomic mass is 10.1. The third-order valence-electron chi connectivity index (χ3n) is 2.94. The summed E-state index contributed by atoms with van der Waals surface area (Å²) >= 11 is 0. The predicted molar refractivity (Wildman–Crippen MR) is 68.3 cm³/mol. The lowest BCUT2D eigenvalue weighted by Crippen LogP contribution is -2.39. The molecule has 0 aliphatic carbocycles. The number of hydrogen-bond acceptors (Lipinski definition) is 3. The van der Waals surface area contributed by atoms with Crippen LogP contribution in [0.4, 0.5) is 8.78 Å². The highest BCUT2D eigenvalue weighted by molar-refractivity contribution is 5.99. The topological polar surface area (TPSA) is 75.6 Å². The Kier molecular flexibility index (Phi) is 4.11. The molecule has 2 aromatic rings. The lowest BCUT2D eigenvalue weighted by Gasteiger charge is -2.15. The maximum absolute atomic E-state index is 12.7. The molecule has 0 bridgehead atoms. The first-order valence-corrected chi connectivity index (χ1v) is 6.14. The van der Waals surface area contributed by atoms with Gasteiger partial charge in [-0.3, -0.25) is 14.6 Å². The summed E-state index contributed by atoms with van der Waals surface area (Å²) in [5.41, 5.74) is 1.34. The van der Waals surface area contributed by atoms with Gasteiger partial charge in [0, 0.05) is 18.8 Å². The number of aromatic amines is 1. The molecule has 6 nitrogen and oxygen atoms in total. The summed E-state index contributed by atoms with van der Waals surface area (Å²) in [5, 5.41) is 12.8. The molecule has 1 unspecified atom stereocenters. The lowest BCUT2D eigenvalue weighted by molar-refractivity contribution is 0.0737. The van der Waals surface area contributed by atoms with E-state index in [-0.39, 0.29) is 12.0 Å². The molecule has 2 aromatic heterocycles. The highest BCUT2D eigenvalue weighted by atomic mass is 19.3. The number of aromatic nitrogens is 4. The van der Waals surface area contributed by atoms with E-state index < -0.39 is 18.4 Å². The minimum absolute atomic E-state index is 0.156. The summed E-state index contributed by atoms with van der Waals surface area (Å²) in [6.07, 6.45) is 2.14. The van der Waals surface area contributed by atoms with Gasteiger partial charge >= 0.3 is 0 Å². The number of hydrogen-bond donors (Lipinski definition) is 2. The summed E-state index contributed by atoms with van der Waals surface area (Å²) in [5.74, 6) is -0.579. The van der Waals surface area contributed by atoms with E-state index in [1.807, 2.05) is 0 Å². The van der Waals surface area contributed by atoms with Crippen molar-refractivity contribution in [3.63, 3.8) is 0 Å². The molecule has 0 fully saturated rings. The van der Waals surface area contributed by atoms with E-state index in [0.717, 1.165) is 0 Å². The van der Waals surface area contributed by atoms with Gasteiger partial charge < -0.3 is 5.32 Å². The maximum Gasteiger partial charge on any atom is 0.258 e. The first-order chi connectivity index (χ1) is 9.52. The molecule has 0 spiro atoms. The van der Waals surface area contributed by atoms with Gasteiger partial charge in [0.25, 0.3) is 12.3 Å². The van der Waals surface area contributed by atoms with Crippen molar-refractivity contribution in [3.8, 4) is 11.3 Å². The Morgan fingerprint density at radius 3 is 2.80 bits per heavy atom. The molecule has 0 aromatic carbocycles. The van der Waals surface area contributed by atoms with E-state index in [4.69, 9.17) is 0 Å². The Balaban J connectivity index is 2.21. The van der Waals surface area contributed by atoms with Crippen LogP contribution < -0.4 is 5.32 Å². The van der Waals surface area contributed by atoms with Crippen LogP contribution in [0.15, 0.2) is 18.6 Å². The van der Waals surface area contributed by atoms with E-state index in [1.165, 1.54) is 6.20 Å². The molecule has 8 heteroatoms. The Hall–Kier alpha value is -2.25. The van der Waals surface area contributed by atoms with Crippen LogP contribution in [0.2, 0.25) is 0 Å². The van der Waals surface area contributed by atoms with Gasteiger partial charge in [0.1, 0.15) is 0 Å². The van der Waals surface area contributed by atoms with Crippen LogP contribution in [0.1, 0.15) is 23.7 Å². The molecule has 0 aliphatic heterocycles. The molecule has 2 heterocycles. The molecule has 0 radical (unpaired) electrons. The normalized spacial score (nSPS) is 12.7. The number of H-pyrrole nitrogens is 1. The van der Waals surface area contributed by atoms with Crippen LogP contribution in [-0.2, 0) is 7.05 Å². The molecular formula is C12H15F2N5O. The molecule has 20 heavy (non-hydrogen) atoms. The van der Waals surface area contributed by atoms with Crippen LogP contribution in [0.3, 0.4) is 0 Å². The molecule has 1 amide bonds. The van der Waals surface area contributed by atoms with Gasteiger partial charge in [-0.2, -0.15) is 10.2 Å². The minimum atomic E-state index is -2.60. The molecule has 0 saturated carbocycles. The maximum atomic E-state index is 12.7. The number of amides is 1. The van der Waals surface area contributed by atoms with Crippen LogP contribution in [0, 0.1) is 0 Å². The fourth-order valence-corrected chi connectivity index (χ4v) is 1.82. The summed E-state index contributed by atoms with van der Waals surface area (Å²) in [6.45, 7) is 1.59. The highest BCUT2D eigenvalue weighted by Gasteiger charge is 2.23. The standard InChI is InChI=1S/C12H15F2N5O/c1-3-9(11(13)14)17-12(20)8-5-15-18-10(8)7-4-16-19(2)6-7/h4-6,9,11H,3H2,1-2H3,(H,15,18)(H,17,20). The number of carbonyl (C=O) groups excluding carboxylic acids is 1. The van der Waals surface area contributed by atoms with Crippen LogP contribution in [-0.4, -0.2) is 38.4 Å². The van der Waals surface area contributed by atoms with Crippen molar-refractivity contribution >= 4 is 5.91 Å². The van der Waals surface area contributed by atoms with Crippen molar-refractivity contribution in [2.75, 3.05) is 0 Å². The van der Waals surface area contributed by atoms with Crippen molar-refractivity contribution < 1.29 is 13.6 Å². The van der Waals surface area contributed by atoms with E-state index >= 15 is 0 Å². The summed E-state index contributed by atoms with van der Waals surface area (Å²) < 4.78 is 26.9. The van der Waals surface area contributed by atoms with E-state index in [2.05, 4.69) is 20.6 Å². The van der Waals surface area contributed by atoms with Crippen LogP contribution >= 0.6 is 0 Å². The van der Waals surface area contributed by atoms with E-state index in [0.29, 0.717) is 11.3 Å². The zero-order valence-electron chi connectivity index (χ0n) is 11.1. The number of aryl methyl sites for hydroxylation is 1. The zero-order valence-corrected chi connectivity index (χ0v) is 11.1. The summed E-state index contributed by atoms with van der Waals surface area (Å²) in [7, 11) is 1.74. The van der Waals surface area contributed by atoms with Gasteiger partial charge in [0.05, 0.1) is 29.7 Å². The minimum Gasteiger partial charge on any atom is -0.343 e. The zero-order chi connectivity index (χ0) is 14.7. The van der Waals surface area contributed by atoms with Crippen molar-refractivity contribution in [1.29, 1.82) is 0 Å². The second-order valence-corrected chi connectivity index (χ2v) is 4.38. The Bertz CT molecular complexity index is 592. The van der Waals surface area contributed by atoms with Crippen LogP contribution in [0.5, 0.6) is 0 Å². The molecule has 0 aliphatic rings. The molecule has 0 saturated heterocycles. The van der Waals surface area contributed by atoms with Gasteiger partial charge in [-0.05, 0) is 6.42 Å². The van der Waals surface area contributed by atoms with Crippen molar-refractivity contribution in [3.05, 3.63) is 24.2 Å². The van der Waals surface area contributed by atoms with Crippen LogP contribution in [0.25, 0.3) is 11.3 Å². The third-order valence-corrected chi connectivity index (χ3v) is 2.94. The second kappa shape index (κ2) is 5.81. The first kappa shape index (κ1) is 14.2. The van der Waals surface area contributed by atoms with Gasteiger partial charge in [0.2, 0.25) is 0 Å². The number of rotatable bonds is 5. The monoisotopic (exact) mass is 283 g/mol. The van der Waals surface area contributed by atoms with Crippen molar-refractivity contribution in [2.45, 2.75) is 25.8 Å². The Morgan fingerprint density at radius 2 is 2.25 bits per heavy atom. The first-order valence-electron chi connectivity index (χ1n) is 6.14. The number of nitrogens with one attached hydrogen (secondary N) is 2. The Morgan fingerprint density at radius 1 is 1.50 bits per heavy atom. The number of halogens is 2. The van der Waals surface area contributed by atoms with Gasteiger partial charge in [-0.25, -0.2) is 8.78 Å². The molecule has 2 N–H and O–H groups in total. The van der Waals surface area contributed by atoms with Crippen molar-refractivity contribution in [1.82, 2.24) is 25.3 Å². The average Bonchev–Trinajstić information content (AvgIpc) is 3.03. The summed E-state index contributed by atoms with van der Waals surface area (Å²) in [6, 6.07) is -1.17. The predicted octanol–water partition coefficient (Wildman–Crippen LogP) is 1.58. The van der Waals surface area contributed by atoms with E-state index in [1.54, 1.807) is 31.0 Å². The molecule has 2 rings (SSSR count). The number of carbonyl (C=O) groups is 1. The SMILES string of the molecule is CCC(NC(=O)c1cn[nH]c1-c1cnn(C)c1)C(F)F. The second-order valence-electron chi connectivity index (χ2n) is 4.38. The third kappa shape index (κ3) is 2.84. The highest BCUT2D eigenvalue weighted by Crippen LogP contribution is 2.20. The largest absolute Gasteiger partial charge is 0.343 e. The number of alkyl halides is 2. The average molecular weight is 283 g/mol. The van der Waals surface area contributed by atoms with Gasteiger partial charge in [-0.15, -0.1) is 0 Å². The van der Waals surface area contributed by atoms with E-state index in [9.17, 15) is 13.6 Å². The quantitative estimate of drug-likeness (QED) is 0.874. The fraction of sp³-hybridized carbons (Fsp3) is 0.417. The summed E-state index contributed by atoms with van der Waals surface area (Å²) in [4.78, 5) is 12.0. The molecule has 1 atom stereocenters. The molecule has 108 valence electrons.